The highest BCUT2D eigenvalue weighted by Crippen LogP contribution is 2.32. The average Bonchev–Trinajstić information content (AvgIpc) is 2.56. The van der Waals surface area contributed by atoms with E-state index in [1.165, 1.54) is 0 Å². The molecular weight excluding hydrogens is 328 g/mol. The molecule has 1 aliphatic heterocycles. The quantitative estimate of drug-likeness (QED) is 0.895. The van der Waals surface area contributed by atoms with Gasteiger partial charge in [-0.15, -0.1) is 0 Å². The van der Waals surface area contributed by atoms with E-state index in [2.05, 4.69) is 10.6 Å². The molecule has 7 heteroatoms. The summed E-state index contributed by atoms with van der Waals surface area (Å²) in [5.74, 6) is 0.0452. The zero-order valence-electron chi connectivity index (χ0n) is 13.2. The van der Waals surface area contributed by atoms with Gasteiger partial charge in [0.05, 0.1) is 5.69 Å². The standard InChI is InChI=1S/C17H16N2O4S/c1-10-16(20)19-14-9-12(5-8-15(14)23-10)18-17(21)11-3-6-13(7-4-11)24(2)22/h3-10H,1-2H3,(H,18,21)(H,19,20)/t10-,24+/m1/s1. The van der Waals surface area contributed by atoms with Crippen LogP contribution in [-0.2, 0) is 15.6 Å². The molecule has 1 aliphatic rings. The summed E-state index contributed by atoms with van der Waals surface area (Å²) in [5.41, 5.74) is 1.52. The topological polar surface area (TPSA) is 84.5 Å². The number of carbonyl (C=O) groups excluding carboxylic acids is 2. The molecule has 124 valence electrons. The van der Waals surface area contributed by atoms with Crippen molar-refractivity contribution in [1.82, 2.24) is 0 Å². The second-order valence-electron chi connectivity index (χ2n) is 5.39. The second-order valence-corrected chi connectivity index (χ2v) is 6.77. The lowest BCUT2D eigenvalue weighted by molar-refractivity contribution is -0.122. The number of fused-ring (bicyclic) bond motifs is 1. The molecular formula is C17H16N2O4S. The molecule has 0 radical (unpaired) electrons. The highest BCUT2D eigenvalue weighted by atomic mass is 32.2. The average molecular weight is 344 g/mol. The van der Waals surface area contributed by atoms with E-state index in [-0.39, 0.29) is 11.8 Å². The van der Waals surface area contributed by atoms with E-state index in [4.69, 9.17) is 4.74 Å². The first-order valence-electron chi connectivity index (χ1n) is 7.30. The van der Waals surface area contributed by atoms with Crippen LogP contribution in [0, 0.1) is 0 Å². The van der Waals surface area contributed by atoms with Gasteiger partial charge in [0.1, 0.15) is 5.75 Å². The van der Waals surface area contributed by atoms with Crippen LogP contribution in [0.2, 0.25) is 0 Å². The Morgan fingerprint density at radius 1 is 1.21 bits per heavy atom. The van der Waals surface area contributed by atoms with Crippen molar-refractivity contribution in [1.29, 1.82) is 0 Å². The number of hydrogen-bond acceptors (Lipinski definition) is 4. The van der Waals surface area contributed by atoms with Crippen LogP contribution in [0.25, 0.3) is 0 Å². The monoisotopic (exact) mass is 344 g/mol. The first kappa shape index (κ1) is 16.2. The van der Waals surface area contributed by atoms with Crippen molar-refractivity contribution in [2.75, 3.05) is 16.9 Å². The molecule has 0 fully saturated rings. The van der Waals surface area contributed by atoms with Gasteiger partial charge in [-0.2, -0.15) is 0 Å². The molecule has 2 atom stereocenters. The van der Waals surface area contributed by atoms with Gasteiger partial charge in [0.15, 0.2) is 6.10 Å². The highest BCUT2D eigenvalue weighted by molar-refractivity contribution is 7.84. The van der Waals surface area contributed by atoms with Crippen molar-refractivity contribution < 1.29 is 18.5 Å². The molecule has 2 N–H and O–H groups in total. The molecule has 2 aromatic carbocycles. The predicted octanol–water partition coefficient (Wildman–Crippen LogP) is 2.40. The smallest absolute Gasteiger partial charge is 0.265 e. The summed E-state index contributed by atoms with van der Waals surface area (Å²) in [5, 5.41) is 5.50. The van der Waals surface area contributed by atoms with Crippen molar-refractivity contribution in [2.45, 2.75) is 17.9 Å². The number of carbonyl (C=O) groups is 2. The van der Waals surface area contributed by atoms with Crippen molar-refractivity contribution in [3.8, 4) is 5.75 Å². The summed E-state index contributed by atoms with van der Waals surface area (Å²) in [6, 6.07) is 11.6. The molecule has 6 nitrogen and oxygen atoms in total. The molecule has 0 bridgehead atoms. The Morgan fingerprint density at radius 2 is 1.92 bits per heavy atom. The fraction of sp³-hybridized carbons (Fsp3) is 0.176. The van der Waals surface area contributed by atoms with Gasteiger partial charge in [-0.25, -0.2) is 0 Å². The summed E-state index contributed by atoms with van der Waals surface area (Å²) in [7, 11) is -1.08. The molecule has 1 heterocycles. The van der Waals surface area contributed by atoms with Crippen LogP contribution < -0.4 is 15.4 Å². The molecule has 24 heavy (non-hydrogen) atoms. The fourth-order valence-electron chi connectivity index (χ4n) is 2.29. The maximum Gasteiger partial charge on any atom is 0.265 e. The van der Waals surface area contributed by atoms with Gasteiger partial charge in [0.25, 0.3) is 11.8 Å². The van der Waals surface area contributed by atoms with Gasteiger partial charge in [-0.3, -0.25) is 13.8 Å². The molecule has 3 rings (SSSR count). The lowest BCUT2D eigenvalue weighted by Gasteiger charge is -2.23. The Labute approximate surface area is 141 Å². The Balaban J connectivity index is 1.76. The highest BCUT2D eigenvalue weighted by Gasteiger charge is 2.23. The van der Waals surface area contributed by atoms with Crippen LogP contribution in [0.3, 0.4) is 0 Å². The number of amides is 2. The van der Waals surface area contributed by atoms with E-state index in [0.29, 0.717) is 27.6 Å². The largest absolute Gasteiger partial charge is 0.479 e. The molecule has 0 saturated heterocycles. The van der Waals surface area contributed by atoms with Crippen molar-refractivity contribution in [3.63, 3.8) is 0 Å². The predicted molar refractivity (Wildman–Crippen MR) is 91.9 cm³/mol. The lowest BCUT2D eigenvalue weighted by atomic mass is 10.2. The minimum absolute atomic E-state index is 0.228. The molecule has 2 aromatic rings. The van der Waals surface area contributed by atoms with E-state index in [0.717, 1.165) is 0 Å². The zero-order valence-corrected chi connectivity index (χ0v) is 14.0. The van der Waals surface area contributed by atoms with Crippen molar-refractivity contribution in [2.24, 2.45) is 0 Å². The number of benzene rings is 2. The van der Waals surface area contributed by atoms with Crippen LogP contribution in [0.4, 0.5) is 11.4 Å². The number of rotatable bonds is 3. The number of hydrogen-bond donors (Lipinski definition) is 2. The Morgan fingerprint density at radius 3 is 2.58 bits per heavy atom. The minimum Gasteiger partial charge on any atom is -0.479 e. The number of ether oxygens (including phenoxy) is 1. The van der Waals surface area contributed by atoms with E-state index < -0.39 is 16.9 Å². The van der Waals surface area contributed by atoms with Gasteiger partial charge in [-0.1, -0.05) is 0 Å². The lowest BCUT2D eigenvalue weighted by Crippen LogP contribution is -2.34. The number of anilines is 2. The SMILES string of the molecule is C[C@H]1Oc2ccc(NC(=O)c3ccc([S@](C)=O)cc3)cc2NC1=O. The van der Waals surface area contributed by atoms with Gasteiger partial charge >= 0.3 is 0 Å². The molecule has 0 aromatic heterocycles. The third-order valence-corrected chi connectivity index (χ3v) is 4.55. The second kappa shape index (κ2) is 6.45. The molecule has 0 unspecified atom stereocenters. The third kappa shape index (κ3) is 3.30. The number of nitrogens with one attached hydrogen (secondary N) is 2. The molecule has 2 amide bonds. The summed E-state index contributed by atoms with van der Waals surface area (Å²) in [6.07, 6.45) is 1.04. The Bertz CT molecular complexity index is 833. The summed E-state index contributed by atoms with van der Waals surface area (Å²) in [6.45, 7) is 1.67. The van der Waals surface area contributed by atoms with E-state index in [9.17, 15) is 13.8 Å². The van der Waals surface area contributed by atoms with Crippen molar-refractivity contribution >= 4 is 34.0 Å². The summed E-state index contributed by atoms with van der Waals surface area (Å²) < 4.78 is 16.8. The summed E-state index contributed by atoms with van der Waals surface area (Å²) in [4.78, 5) is 24.6. The van der Waals surface area contributed by atoms with Gasteiger partial charge in [0.2, 0.25) is 0 Å². The minimum atomic E-state index is -1.08. The van der Waals surface area contributed by atoms with Crippen LogP contribution >= 0.6 is 0 Å². The third-order valence-electron chi connectivity index (χ3n) is 3.62. The summed E-state index contributed by atoms with van der Waals surface area (Å²) >= 11 is 0. The van der Waals surface area contributed by atoms with Gasteiger partial charge in [0, 0.05) is 33.2 Å². The van der Waals surface area contributed by atoms with Crippen LogP contribution in [0.5, 0.6) is 5.75 Å². The Hall–Kier alpha value is -2.67. The van der Waals surface area contributed by atoms with Crippen molar-refractivity contribution in [3.05, 3.63) is 48.0 Å². The zero-order chi connectivity index (χ0) is 17.3. The van der Waals surface area contributed by atoms with E-state index in [1.54, 1.807) is 55.6 Å². The van der Waals surface area contributed by atoms with E-state index >= 15 is 0 Å². The maximum atomic E-state index is 12.3. The van der Waals surface area contributed by atoms with Crippen LogP contribution in [0.15, 0.2) is 47.4 Å². The van der Waals surface area contributed by atoms with Gasteiger partial charge < -0.3 is 15.4 Å². The Kier molecular flexibility index (Phi) is 4.35. The van der Waals surface area contributed by atoms with E-state index in [1.807, 2.05) is 0 Å². The normalized spacial score (nSPS) is 17.2. The van der Waals surface area contributed by atoms with Crippen LogP contribution in [-0.4, -0.2) is 28.4 Å². The molecule has 0 spiro atoms. The first-order chi connectivity index (χ1) is 11.4. The van der Waals surface area contributed by atoms with Gasteiger partial charge in [-0.05, 0) is 49.4 Å². The molecule has 0 saturated carbocycles. The van der Waals surface area contributed by atoms with Crippen LogP contribution in [0.1, 0.15) is 17.3 Å². The maximum absolute atomic E-state index is 12.3. The fourth-order valence-corrected chi connectivity index (χ4v) is 2.81. The molecule has 0 aliphatic carbocycles. The first-order valence-corrected chi connectivity index (χ1v) is 8.86.